The molecule has 2 aliphatic rings. The second-order valence-electron chi connectivity index (χ2n) is 8.19. The number of amides is 1. The van der Waals surface area contributed by atoms with Crippen molar-refractivity contribution < 1.29 is 14.4 Å². The Morgan fingerprint density at radius 3 is 2.63 bits per heavy atom. The fourth-order valence-electron chi connectivity index (χ4n) is 4.83. The van der Waals surface area contributed by atoms with Gasteiger partial charge in [0.05, 0.1) is 17.2 Å². The van der Waals surface area contributed by atoms with Crippen molar-refractivity contribution in [1.82, 2.24) is 10.1 Å². The second kappa shape index (κ2) is 7.47. The van der Waals surface area contributed by atoms with E-state index in [0.717, 1.165) is 42.7 Å². The molecule has 2 atom stereocenters. The number of β-amino-alcohol motifs (C(OH)–C–C–N with tert-alkyl or cyclic N) is 1. The Morgan fingerprint density at radius 1 is 1.22 bits per heavy atom. The van der Waals surface area contributed by atoms with Crippen molar-refractivity contribution >= 4 is 5.91 Å². The molecule has 1 aromatic heterocycles. The molecule has 27 heavy (non-hydrogen) atoms. The fourth-order valence-corrected chi connectivity index (χ4v) is 4.83. The van der Waals surface area contributed by atoms with Crippen molar-refractivity contribution in [2.24, 2.45) is 5.92 Å². The van der Waals surface area contributed by atoms with Gasteiger partial charge in [-0.2, -0.15) is 0 Å². The molecule has 0 radical (unpaired) electrons. The SMILES string of the molecule is Cc1cc(C[C@@H]2CN(C(=O)C3(c4ccccc4)CCCCC3)C[C@H]2O)on1. The van der Waals surface area contributed by atoms with E-state index in [-0.39, 0.29) is 11.8 Å². The maximum Gasteiger partial charge on any atom is 0.233 e. The van der Waals surface area contributed by atoms with Gasteiger partial charge in [-0.05, 0) is 25.3 Å². The molecular formula is C22H28N2O3. The summed E-state index contributed by atoms with van der Waals surface area (Å²) in [4.78, 5) is 15.5. The molecule has 5 heteroatoms. The number of aryl methyl sites for hydroxylation is 1. The van der Waals surface area contributed by atoms with Crippen LogP contribution in [0.15, 0.2) is 40.9 Å². The molecule has 1 amide bonds. The van der Waals surface area contributed by atoms with Gasteiger partial charge in [0, 0.05) is 31.5 Å². The first-order valence-corrected chi connectivity index (χ1v) is 10.0. The van der Waals surface area contributed by atoms with Gasteiger partial charge in [0.1, 0.15) is 5.76 Å². The third kappa shape index (κ3) is 3.53. The lowest BCUT2D eigenvalue weighted by atomic mass is 9.68. The third-order valence-corrected chi connectivity index (χ3v) is 6.28. The molecule has 1 aliphatic carbocycles. The Hall–Kier alpha value is -2.14. The maximum atomic E-state index is 13.6. The Labute approximate surface area is 160 Å². The minimum Gasteiger partial charge on any atom is -0.391 e. The number of likely N-dealkylation sites (tertiary alicyclic amines) is 1. The molecule has 1 aromatic carbocycles. The number of aliphatic hydroxyl groups is 1. The molecule has 0 bridgehead atoms. The van der Waals surface area contributed by atoms with Crippen LogP contribution < -0.4 is 0 Å². The summed E-state index contributed by atoms with van der Waals surface area (Å²) >= 11 is 0. The molecule has 1 saturated heterocycles. The van der Waals surface area contributed by atoms with Gasteiger partial charge in [0.25, 0.3) is 0 Å². The van der Waals surface area contributed by atoms with E-state index in [1.54, 1.807) is 0 Å². The van der Waals surface area contributed by atoms with Crippen molar-refractivity contribution in [2.45, 2.75) is 57.0 Å². The molecule has 0 unspecified atom stereocenters. The highest BCUT2D eigenvalue weighted by Gasteiger charge is 2.46. The highest BCUT2D eigenvalue weighted by molar-refractivity contribution is 5.88. The number of carbonyl (C=O) groups is 1. The first-order chi connectivity index (χ1) is 13.1. The van der Waals surface area contributed by atoms with E-state index >= 15 is 0 Å². The third-order valence-electron chi connectivity index (χ3n) is 6.28. The van der Waals surface area contributed by atoms with Gasteiger partial charge in [0.15, 0.2) is 0 Å². The van der Waals surface area contributed by atoms with Crippen LogP contribution in [-0.2, 0) is 16.6 Å². The first-order valence-electron chi connectivity index (χ1n) is 10.0. The summed E-state index contributed by atoms with van der Waals surface area (Å²) in [5.74, 6) is 0.961. The highest BCUT2D eigenvalue weighted by atomic mass is 16.5. The van der Waals surface area contributed by atoms with Gasteiger partial charge in [-0.25, -0.2) is 0 Å². The van der Waals surface area contributed by atoms with E-state index in [9.17, 15) is 9.90 Å². The average molecular weight is 368 g/mol. The van der Waals surface area contributed by atoms with Crippen molar-refractivity contribution in [3.8, 4) is 0 Å². The van der Waals surface area contributed by atoms with Crippen LogP contribution in [0.25, 0.3) is 0 Å². The number of rotatable bonds is 4. The van der Waals surface area contributed by atoms with E-state index in [1.807, 2.05) is 36.1 Å². The minimum absolute atomic E-state index is 0.00212. The lowest BCUT2D eigenvalue weighted by Crippen LogP contribution is -2.47. The predicted molar refractivity (Wildman–Crippen MR) is 102 cm³/mol. The van der Waals surface area contributed by atoms with Crippen molar-refractivity contribution in [3.63, 3.8) is 0 Å². The number of benzene rings is 1. The summed E-state index contributed by atoms with van der Waals surface area (Å²) in [6, 6.07) is 12.1. The molecular weight excluding hydrogens is 340 g/mol. The Balaban J connectivity index is 1.53. The van der Waals surface area contributed by atoms with Crippen LogP contribution in [0, 0.1) is 12.8 Å². The fraction of sp³-hybridized carbons (Fsp3) is 0.545. The Kier molecular flexibility index (Phi) is 5.04. The van der Waals surface area contributed by atoms with Crippen LogP contribution in [0.1, 0.15) is 49.1 Å². The minimum atomic E-state index is -0.518. The van der Waals surface area contributed by atoms with Gasteiger partial charge in [-0.3, -0.25) is 4.79 Å². The van der Waals surface area contributed by atoms with E-state index < -0.39 is 11.5 Å². The van der Waals surface area contributed by atoms with Crippen LogP contribution >= 0.6 is 0 Å². The zero-order chi connectivity index (χ0) is 18.9. The number of aliphatic hydroxyl groups excluding tert-OH is 1. The maximum absolute atomic E-state index is 13.6. The summed E-state index contributed by atoms with van der Waals surface area (Å²) in [5.41, 5.74) is 1.53. The molecule has 4 rings (SSSR count). The van der Waals surface area contributed by atoms with Gasteiger partial charge in [-0.15, -0.1) is 0 Å². The smallest absolute Gasteiger partial charge is 0.233 e. The molecule has 2 heterocycles. The Bertz CT molecular complexity index is 780. The van der Waals surface area contributed by atoms with E-state index in [2.05, 4.69) is 17.3 Å². The zero-order valence-corrected chi connectivity index (χ0v) is 15.9. The number of hydrogen-bond acceptors (Lipinski definition) is 4. The number of nitrogens with zero attached hydrogens (tertiary/aromatic N) is 2. The van der Waals surface area contributed by atoms with Crippen LogP contribution in [0.5, 0.6) is 0 Å². The average Bonchev–Trinajstić information content (AvgIpc) is 3.28. The molecule has 1 N–H and O–H groups in total. The summed E-state index contributed by atoms with van der Waals surface area (Å²) in [5, 5.41) is 14.5. The monoisotopic (exact) mass is 368 g/mol. The van der Waals surface area contributed by atoms with Gasteiger partial charge in [0.2, 0.25) is 5.91 Å². The van der Waals surface area contributed by atoms with Crippen LogP contribution in [0.3, 0.4) is 0 Å². The van der Waals surface area contributed by atoms with Crippen molar-refractivity contribution in [1.29, 1.82) is 0 Å². The summed E-state index contributed by atoms with van der Waals surface area (Å²) in [6.07, 6.45) is 5.25. The normalized spacial score (nSPS) is 24.9. The van der Waals surface area contributed by atoms with Crippen LogP contribution in [-0.4, -0.2) is 40.3 Å². The Morgan fingerprint density at radius 2 is 1.96 bits per heavy atom. The summed E-state index contributed by atoms with van der Waals surface area (Å²) in [6.45, 7) is 2.88. The number of aromatic nitrogens is 1. The van der Waals surface area contributed by atoms with Crippen LogP contribution in [0.2, 0.25) is 0 Å². The summed E-state index contributed by atoms with van der Waals surface area (Å²) in [7, 11) is 0. The quantitative estimate of drug-likeness (QED) is 0.900. The van der Waals surface area contributed by atoms with Gasteiger partial charge >= 0.3 is 0 Å². The molecule has 2 aromatic rings. The van der Waals surface area contributed by atoms with Gasteiger partial charge < -0.3 is 14.5 Å². The lowest BCUT2D eigenvalue weighted by molar-refractivity contribution is -0.138. The molecule has 0 spiro atoms. The largest absolute Gasteiger partial charge is 0.391 e. The first kappa shape index (κ1) is 18.2. The molecule has 2 fully saturated rings. The molecule has 1 saturated carbocycles. The number of carbonyl (C=O) groups excluding carboxylic acids is 1. The zero-order valence-electron chi connectivity index (χ0n) is 15.9. The number of hydrogen-bond donors (Lipinski definition) is 1. The second-order valence-corrected chi connectivity index (χ2v) is 8.19. The topological polar surface area (TPSA) is 66.6 Å². The van der Waals surface area contributed by atoms with E-state index in [0.29, 0.717) is 19.5 Å². The molecule has 5 nitrogen and oxygen atoms in total. The highest BCUT2D eigenvalue weighted by Crippen LogP contribution is 2.42. The molecule has 144 valence electrons. The van der Waals surface area contributed by atoms with Crippen molar-refractivity contribution in [3.05, 3.63) is 53.4 Å². The van der Waals surface area contributed by atoms with E-state index in [1.165, 1.54) is 6.42 Å². The predicted octanol–water partition coefficient (Wildman–Crippen LogP) is 3.25. The van der Waals surface area contributed by atoms with Gasteiger partial charge in [-0.1, -0.05) is 54.8 Å². The molecule has 1 aliphatic heterocycles. The van der Waals surface area contributed by atoms with Crippen LogP contribution in [0.4, 0.5) is 0 Å². The summed E-state index contributed by atoms with van der Waals surface area (Å²) < 4.78 is 5.31. The van der Waals surface area contributed by atoms with Crippen molar-refractivity contribution in [2.75, 3.05) is 13.1 Å². The standard InChI is InChI=1S/C22H28N2O3/c1-16-12-19(27-23-16)13-17-14-24(15-20(17)25)21(26)22(10-6-3-7-11-22)18-8-4-2-5-9-18/h2,4-5,8-9,12,17,20,25H,3,6-7,10-11,13-15H2,1H3/t17-,20-/m1/s1. The van der Waals surface area contributed by atoms with E-state index in [4.69, 9.17) is 4.52 Å². The lowest BCUT2D eigenvalue weighted by Gasteiger charge is -2.39.